The first-order chi connectivity index (χ1) is 7.20. The van der Waals surface area contributed by atoms with Crippen LogP contribution in [0.15, 0.2) is 4.99 Å². The minimum atomic E-state index is 0.532. The molecule has 2 fully saturated rings. The molecule has 0 spiro atoms. The summed E-state index contributed by atoms with van der Waals surface area (Å²) >= 11 is 0. The van der Waals surface area contributed by atoms with E-state index >= 15 is 0 Å². The van der Waals surface area contributed by atoms with Crippen molar-refractivity contribution >= 4 is 5.96 Å². The van der Waals surface area contributed by atoms with Crippen molar-refractivity contribution < 1.29 is 0 Å². The standard InChI is InChI=1S/C11H22N4/c1-3-10-8-15(7-6-14(10)2)11(12)13-9-4-5-9/h9-10H,3-8H2,1-2H3,(H2,12,13). The van der Waals surface area contributed by atoms with E-state index in [4.69, 9.17) is 5.73 Å². The minimum absolute atomic E-state index is 0.532. The molecular formula is C11H22N4. The Morgan fingerprint density at radius 1 is 1.40 bits per heavy atom. The van der Waals surface area contributed by atoms with Crippen molar-refractivity contribution in [2.45, 2.75) is 38.3 Å². The Bertz CT molecular complexity index is 247. The van der Waals surface area contributed by atoms with Crippen LogP contribution in [-0.4, -0.2) is 54.5 Å². The van der Waals surface area contributed by atoms with Crippen molar-refractivity contribution in [2.24, 2.45) is 10.7 Å². The summed E-state index contributed by atoms with van der Waals surface area (Å²) in [4.78, 5) is 9.17. The van der Waals surface area contributed by atoms with Gasteiger partial charge in [-0.2, -0.15) is 0 Å². The van der Waals surface area contributed by atoms with Crippen LogP contribution >= 0.6 is 0 Å². The summed E-state index contributed by atoms with van der Waals surface area (Å²) in [6.45, 7) is 5.39. The number of nitrogens with two attached hydrogens (primary N) is 1. The van der Waals surface area contributed by atoms with Crippen molar-refractivity contribution in [2.75, 3.05) is 26.7 Å². The molecule has 1 heterocycles. The molecule has 4 heteroatoms. The van der Waals surface area contributed by atoms with Crippen molar-refractivity contribution in [3.05, 3.63) is 0 Å². The molecular weight excluding hydrogens is 188 g/mol. The lowest BCUT2D eigenvalue weighted by Crippen LogP contribution is -2.54. The fraction of sp³-hybridized carbons (Fsp3) is 0.909. The summed E-state index contributed by atoms with van der Waals surface area (Å²) in [7, 11) is 2.19. The number of nitrogens with zero attached hydrogens (tertiary/aromatic N) is 3. The average Bonchev–Trinajstić information content (AvgIpc) is 3.02. The number of aliphatic imine (C=N–C) groups is 1. The van der Waals surface area contributed by atoms with E-state index in [1.54, 1.807) is 0 Å². The smallest absolute Gasteiger partial charge is 0.191 e. The third-order valence-corrected chi connectivity index (χ3v) is 3.43. The largest absolute Gasteiger partial charge is 0.370 e. The first kappa shape index (κ1) is 10.7. The summed E-state index contributed by atoms with van der Waals surface area (Å²) in [6.07, 6.45) is 3.64. The van der Waals surface area contributed by atoms with Crippen LogP contribution in [0.4, 0.5) is 0 Å². The van der Waals surface area contributed by atoms with Gasteiger partial charge in [-0.3, -0.25) is 4.90 Å². The van der Waals surface area contributed by atoms with Gasteiger partial charge in [-0.05, 0) is 26.3 Å². The third-order valence-electron chi connectivity index (χ3n) is 3.43. The van der Waals surface area contributed by atoms with Gasteiger partial charge in [-0.25, -0.2) is 4.99 Å². The van der Waals surface area contributed by atoms with Gasteiger partial charge in [0.1, 0.15) is 0 Å². The van der Waals surface area contributed by atoms with Gasteiger partial charge in [0.05, 0.1) is 6.04 Å². The van der Waals surface area contributed by atoms with Crippen molar-refractivity contribution in [3.8, 4) is 0 Å². The zero-order valence-electron chi connectivity index (χ0n) is 9.82. The first-order valence-corrected chi connectivity index (χ1v) is 5.99. The lowest BCUT2D eigenvalue weighted by molar-refractivity contribution is 0.136. The van der Waals surface area contributed by atoms with Crippen LogP contribution in [0, 0.1) is 0 Å². The highest BCUT2D eigenvalue weighted by atomic mass is 15.3. The Hall–Kier alpha value is -0.770. The molecule has 0 bridgehead atoms. The second-order valence-corrected chi connectivity index (χ2v) is 4.71. The van der Waals surface area contributed by atoms with Crippen molar-refractivity contribution in [1.29, 1.82) is 0 Å². The molecule has 2 rings (SSSR count). The maximum Gasteiger partial charge on any atom is 0.191 e. The summed E-state index contributed by atoms with van der Waals surface area (Å²) in [5, 5.41) is 0. The molecule has 1 saturated heterocycles. The van der Waals surface area contributed by atoms with Gasteiger partial charge in [-0.1, -0.05) is 6.92 Å². The molecule has 0 aromatic rings. The zero-order chi connectivity index (χ0) is 10.8. The zero-order valence-corrected chi connectivity index (χ0v) is 9.82. The van der Waals surface area contributed by atoms with Gasteiger partial charge in [0.2, 0.25) is 0 Å². The second-order valence-electron chi connectivity index (χ2n) is 4.71. The molecule has 2 N–H and O–H groups in total. The third kappa shape index (κ3) is 2.62. The molecule has 0 radical (unpaired) electrons. The van der Waals surface area contributed by atoms with E-state index in [1.807, 2.05) is 0 Å². The van der Waals surface area contributed by atoms with Crippen LogP contribution < -0.4 is 5.73 Å². The van der Waals surface area contributed by atoms with E-state index in [0.717, 1.165) is 25.6 Å². The van der Waals surface area contributed by atoms with Gasteiger partial charge in [0, 0.05) is 25.7 Å². The van der Waals surface area contributed by atoms with Crippen molar-refractivity contribution in [3.63, 3.8) is 0 Å². The normalized spacial score (nSPS) is 29.6. The first-order valence-electron chi connectivity index (χ1n) is 5.99. The molecule has 0 amide bonds. The molecule has 1 atom stereocenters. The fourth-order valence-corrected chi connectivity index (χ4v) is 2.07. The van der Waals surface area contributed by atoms with Gasteiger partial charge < -0.3 is 10.6 Å². The molecule has 1 saturated carbocycles. The molecule has 1 aliphatic carbocycles. The lowest BCUT2D eigenvalue weighted by Gasteiger charge is -2.39. The SMILES string of the molecule is CCC1CN(C(N)=NC2CC2)CCN1C. The fourth-order valence-electron chi connectivity index (χ4n) is 2.07. The van der Waals surface area contributed by atoms with Crippen LogP contribution in [-0.2, 0) is 0 Å². The Balaban J connectivity index is 1.92. The van der Waals surface area contributed by atoms with Crippen LogP contribution in [0.2, 0.25) is 0 Å². The van der Waals surface area contributed by atoms with Crippen LogP contribution in [0.5, 0.6) is 0 Å². The number of hydrogen-bond donors (Lipinski definition) is 1. The second kappa shape index (κ2) is 4.39. The highest BCUT2D eigenvalue weighted by molar-refractivity contribution is 5.78. The number of piperazine rings is 1. The molecule has 1 unspecified atom stereocenters. The van der Waals surface area contributed by atoms with Gasteiger partial charge in [-0.15, -0.1) is 0 Å². The molecule has 2 aliphatic rings. The lowest BCUT2D eigenvalue weighted by atomic mass is 10.1. The number of hydrogen-bond acceptors (Lipinski definition) is 2. The Morgan fingerprint density at radius 2 is 2.13 bits per heavy atom. The molecule has 4 nitrogen and oxygen atoms in total. The minimum Gasteiger partial charge on any atom is -0.370 e. The number of guanidine groups is 1. The highest BCUT2D eigenvalue weighted by Crippen LogP contribution is 2.23. The maximum atomic E-state index is 6.01. The van der Waals surface area contributed by atoms with E-state index in [2.05, 4.69) is 28.8 Å². The summed E-state index contributed by atoms with van der Waals surface area (Å²) in [5.74, 6) is 0.768. The highest BCUT2D eigenvalue weighted by Gasteiger charge is 2.26. The molecule has 1 aliphatic heterocycles. The predicted octanol–water partition coefficient (Wildman–Crippen LogP) is 0.490. The quantitative estimate of drug-likeness (QED) is 0.533. The van der Waals surface area contributed by atoms with Crippen molar-refractivity contribution in [1.82, 2.24) is 9.80 Å². The molecule has 15 heavy (non-hydrogen) atoms. The molecule has 0 aromatic heterocycles. The van der Waals surface area contributed by atoms with Crippen LogP contribution in [0.25, 0.3) is 0 Å². The molecule has 0 aromatic carbocycles. The van der Waals surface area contributed by atoms with E-state index in [0.29, 0.717) is 12.1 Å². The molecule has 86 valence electrons. The Labute approximate surface area is 92.1 Å². The van der Waals surface area contributed by atoms with E-state index in [9.17, 15) is 0 Å². The van der Waals surface area contributed by atoms with Crippen LogP contribution in [0.1, 0.15) is 26.2 Å². The Morgan fingerprint density at radius 3 is 2.73 bits per heavy atom. The average molecular weight is 210 g/mol. The topological polar surface area (TPSA) is 44.9 Å². The van der Waals surface area contributed by atoms with E-state index in [1.165, 1.54) is 19.3 Å². The van der Waals surface area contributed by atoms with Crippen LogP contribution in [0.3, 0.4) is 0 Å². The predicted molar refractivity (Wildman–Crippen MR) is 62.9 cm³/mol. The van der Waals surface area contributed by atoms with E-state index in [-0.39, 0.29) is 0 Å². The summed E-state index contributed by atoms with van der Waals surface area (Å²) < 4.78 is 0. The van der Waals surface area contributed by atoms with E-state index < -0.39 is 0 Å². The van der Waals surface area contributed by atoms with Gasteiger partial charge in [0.15, 0.2) is 5.96 Å². The maximum absolute atomic E-state index is 6.01. The van der Waals surface area contributed by atoms with Gasteiger partial charge >= 0.3 is 0 Å². The number of rotatable bonds is 2. The summed E-state index contributed by atoms with van der Waals surface area (Å²) in [5.41, 5.74) is 6.01. The monoisotopic (exact) mass is 210 g/mol. The summed E-state index contributed by atoms with van der Waals surface area (Å²) in [6, 6.07) is 1.16. The van der Waals surface area contributed by atoms with Gasteiger partial charge in [0.25, 0.3) is 0 Å². The Kier molecular flexibility index (Phi) is 3.14. The number of likely N-dealkylation sites (N-methyl/N-ethyl adjacent to an activating group) is 1.